The van der Waals surface area contributed by atoms with Gasteiger partial charge in [-0.2, -0.15) is 5.10 Å². The summed E-state index contributed by atoms with van der Waals surface area (Å²) in [7, 11) is 0. The van der Waals surface area contributed by atoms with Gasteiger partial charge in [-0.1, -0.05) is 45.0 Å². The highest BCUT2D eigenvalue weighted by Gasteiger charge is 2.18. The Hall–Kier alpha value is -2.17. The standard InChI is InChI=1S/C18H26N4O/c1-4-15-7-9-16(10-8-15)18(14(2)3)21-17(23)6-5-11-22-13-19-12-20-22/h7-10,12-14,18H,4-6,11H2,1-3H3,(H,21,23). The fraction of sp³-hybridized carbons (Fsp3) is 0.500. The van der Waals surface area contributed by atoms with Gasteiger partial charge in [0.05, 0.1) is 6.04 Å². The third kappa shape index (κ3) is 5.20. The molecule has 1 atom stereocenters. The maximum atomic E-state index is 12.2. The van der Waals surface area contributed by atoms with E-state index in [0.717, 1.165) is 12.8 Å². The zero-order valence-electron chi connectivity index (χ0n) is 14.2. The van der Waals surface area contributed by atoms with Crippen molar-refractivity contribution in [1.82, 2.24) is 20.1 Å². The fourth-order valence-electron chi connectivity index (χ4n) is 2.59. The molecule has 5 nitrogen and oxygen atoms in total. The summed E-state index contributed by atoms with van der Waals surface area (Å²) in [6.07, 6.45) is 5.46. The second-order valence-corrected chi connectivity index (χ2v) is 6.15. The molecule has 23 heavy (non-hydrogen) atoms. The smallest absolute Gasteiger partial charge is 0.220 e. The molecular weight excluding hydrogens is 288 g/mol. The summed E-state index contributed by atoms with van der Waals surface area (Å²) in [5.41, 5.74) is 2.48. The molecule has 0 bridgehead atoms. The van der Waals surface area contributed by atoms with Crippen LogP contribution in [0.1, 0.15) is 50.8 Å². The molecule has 124 valence electrons. The Balaban J connectivity index is 1.88. The lowest BCUT2D eigenvalue weighted by Gasteiger charge is -2.23. The van der Waals surface area contributed by atoms with Crippen LogP contribution < -0.4 is 5.32 Å². The molecule has 1 unspecified atom stereocenters. The van der Waals surface area contributed by atoms with Crippen LogP contribution in [0.4, 0.5) is 0 Å². The van der Waals surface area contributed by atoms with Gasteiger partial charge in [0.2, 0.25) is 5.91 Å². The van der Waals surface area contributed by atoms with Gasteiger partial charge in [-0.25, -0.2) is 4.98 Å². The molecule has 0 spiro atoms. The van der Waals surface area contributed by atoms with Crippen LogP contribution in [-0.4, -0.2) is 20.7 Å². The lowest BCUT2D eigenvalue weighted by atomic mass is 9.94. The van der Waals surface area contributed by atoms with Gasteiger partial charge < -0.3 is 5.32 Å². The molecule has 0 fully saturated rings. The van der Waals surface area contributed by atoms with E-state index in [1.54, 1.807) is 11.0 Å². The first-order chi connectivity index (χ1) is 11.1. The van der Waals surface area contributed by atoms with Crippen LogP contribution in [0, 0.1) is 5.92 Å². The van der Waals surface area contributed by atoms with E-state index >= 15 is 0 Å². The van der Waals surface area contributed by atoms with Crippen LogP contribution in [0.5, 0.6) is 0 Å². The number of carbonyl (C=O) groups excluding carboxylic acids is 1. The van der Waals surface area contributed by atoms with Crippen molar-refractivity contribution in [2.75, 3.05) is 0 Å². The summed E-state index contributed by atoms with van der Waals surface area (Å²) in [5, 5.41) is 7.21. The van der Waals surface area contributed by atoms with E-state index in [1.165, 1.54) is 17.5 Å². The molecule has 2 rings (SSSR count). The number of nitrogens with one attached hydrogen (secondary N) is 1. The molecule has 1 amide bonds. The zero-order valence-corrected chi connectivity index (χ0v) is 14.2. The number of nitrogens with zero attached hydrogens (tertiary/aromatic N) is 3. The van der Waals surface area contributed by atoms with Crippen molar-refractivity contribution in [3.8, 4) is 0 Å². The Kier molecular flexibility index (Phi) is 6.32. The van der Waals surface area contributed by atoms with E-state index in [4.69, 9.17) is 0 Å². The average molecular weight is 314 g/mol. The minimum atomic E-state index is 0.0553. The van der Waals surface area contributed by atoms with Crippen LogP contribution in [0.3, 0.4) is 0 Å². The molecule has 2 aromatic rings. The number of benzene rings is 1. The lowest BCUT2D eigenvalue weighted by molar-refractivity contribution is -0.122. The van der Waals surface area contributed by atoms with Crippen LogP contribution in [0.2, 0.25) is 0 Å². The molecule has 1 heterocycles. The van der Waals surface area contributed by atoms with Crippen LogP contribution in [-0.2, 0) is 17.8 Å². The Morgan fingerprint density at radius 1 is 1.26 bits per heavy atom. The predicted octanol–water partition coefficient (Wildman–Crippen LogP) is 3.13. The van der Waals surface area contributed by atoms with Crippen LogP contribution >= 0.6 is 0 Å². The van der Waals surface area contributed by atoms with E-state index in [2.05, 4.69) is 60.4 Å². The second-order valence-electron chi connectivity index (χ2n) is 6.15. The van der Waals surface area contributed by atoms with Gasteiger partial charge in [0.15, 0.2) is 0 Å². The van der Waals surface area contributed by atoms with Gasteiger partial charge in [0.25, 0.3) is 0 Å². The van der Waals surface area contributed by atoms with E-state index in [1.807, 2.05) is 0 Å². The minimum absolute atomic E-state index is 0.0553. The first-order valence-corrected chi connectivity index (χ1v) is 8.30. The molecule has 0 aliphatic rings. The highest BCUT2D eigenvalue weighted by molar-refractivity contribution is 5.76. The predicted molar refractivity (Wildman–Crippen MR) is 90.8 cm³/mol. The Bertz CT molecular complexity index is 590. The van der Waals surface area contributed by atoms with Gasteiger partial charge in [-0.15, -0.1) is 0 Å². The van der Waals surface area contributed by atoms with E-state index in [0.29, 0.717) is 18.9 Å². The molecular formula is C18H26N4O. The zero-order chi connectivity index (χ0) is 16.7. The van der Waals surface area contributed by atoms with Gasteiger partial charge >= 0.3 is 0 Å². The summed E-state index contributed by atoms with van der Waals surface area (Å²) in [4.78, 5) is 16.1. The van der Waals surface area contributed by atoms with E-state index < -0.39 is 0 Å². The van der Waals surface area contributed by atoms with E-state index in [9.17, 15) is 4.79 Å². The second kappa shape index (κ2) is 8.46. The van der Waals surface area contributed by atoms with Crippen molar-refractivity contribution in [2.45, 2.75) is 52.6 Å². The topological polar surface area (TPSA) is 59.8 Å². The lowest BCUT2D eigenvalue weighted by Crippen LogP contribution is -2.31. The van der Waals surface area contributed by atoms with Crippen molar-refractivity contribution in [2.24, 2.45) is 5.92 Å². The quantitative estimate of drug-likeness (QED) is 0.814. The largest absolute Gasteiger partial charge is 0.349 e. The maximum Gasteiger partial charge on any atom is 0.220 e. The van der Waals surface area contributed by atoms with Crippen molar-refractivity contribution in [3.63, 3.8) is 0 Å². The maximum absolute atomic E-state index is 12.2. The molecule has 1 N–H and O–H groups in total. The van der Waals surface area contributed by atoms with Crippen molar-refractivity contribution < 1.29 is 4.79 Å². The molecule has 0 aliphatic carbocycles. The fourth-order valence-corrected chi connectivity index (χ4v) is 2.59. The summed E-state index contributed by atoms with van der Waals surface area (Å²) < 4.78 is 1.75. The summed E-state index contributed by atoms with van der Waals surface area (Å²) in [6.45, 7) is 7.12. The highest BCUT2D eigenvalue weighted by atomic mass is 16.1. The number of carbonyl (C=O) groups is 1. The first-order valence-electron chi connectivity index (χ1n) is 8.30. The third-order valence-electron chi connectivity index (χ3n) is 3.99. The molecule has 5 heteroatoms. The van der Waals surface area contributed by atoms with E-state index in [-0.39, 0.29) is 11.9 Å². The number of hydrogen-bond donors (Lipinski definition) is 1. The summed E-state index contributed by atoms with van der Waals surface area (Å²) >= 11 is 0. The van der Waals surface area contributed by atoms with Gasteiger partial charge in [-0.05, 0) is 29.9 Å². The van der Waals surface area contributed by atoms with Crippen molar-refractivity contribution in [1.29, 1.82) is 0 Å². The molecule has 1 aromatic carbocycles. The third-order valence-corrected chi connectivity index (χ3v) is 3.99. The molecule has 0 aliphatic heterocycles. The molecule has 1 aromatic heterocycles. The Labute approximate surface area is 138 Å². The molecule has 0 radical (unpaired) electrons. The Morgan fingerprint density at radius 3 is 2.57 bits per heavy atom. The van der Waals surface area contributed by atoms with Crippen LogP contribution in [0.25, 0.3) is 0 Å². The first kappa shape index (κ1) is 17.2. The normalized spacial score (nSPS) is 12.3. The van der Waals surface area contributed by atoms with Crippen molar-refractivity contribution in [3.05, 3.63) is 48.0 Å². The summed E-state index contributed by atoms with van der Waals surface area (Å²) in [6, 6.07) is 8.58. The van der Waals surface area contributed by atoms with Gasteiger partial charge in [-0.3, -0.25) is 9.48 Å². The summed E-state index contributed by atoms with van der Waals surface area (Å²) in [5.74, 6) is 0.435. The van der Waals surface area contributed by atoms with Gasteiger partial charge in [0.1, 0.15) is 12.7 Å². The Morgan fingerprint density at radius 2 is 2.00 bits per heavy atom. The minimum Gasteiger partial charge on any atom is -0.349 e. The SMILES string of the molecule is CCc1ccc(C(NC(=O)CCCn2cncn2)C(C)C)cc1. The van der Waals surface area contributed by atoms with Crippen molar-refractivity contribution >= 4 is 5.91 Å². The molecule has 0 saturated carbocycles. The average Bonchev–Trinajstić information content (AvgIpc) is 3.06. The van der Waals surface area contributed by atoms with Crippen LogP contribution in [0.15, 0.2) is 36.9 Å². The molecule has 0 saturated heterocycles. The number of aromatic nitrogens is 3. The monoisotopic (exact) mass is 314 g/mol. The number of aryl methyl sites for hydroxylation is 2. The number of amides is 1. The van der Waals surface area contributed by atoms with Gasteiger partial charge in [0, 0.05) is 13.0 Å². The highest BCUT2D eigenvalue weighted by Crippen LogP contribution is 2.22. The number of hydrogen-bond acceptors (Lipinski definition) is 3. The number of rotatable bonds is 8.